The molecule has 0 fully saturated rings. The third-order valence-corrected chi connectivity index (χ3v) is 1.18. The van der Waals surface area contributed by atoms with E-state index in [-0.39, 0.29) is 12.5 Å². The summed E-state index contributed by atoms with van der Waals surface area (Å²) in [4.78, 5) is 9.70. The predicted molar refractivity (Wildman–Crippen MR) is 51.1 cm³/mol. The van der Waals surface area contributed by atoms with E-state index in [2.05, 4.69) is 5.32 Å². The summed E-state index contributed by atoms with van der Waals surface area (Å²) in [5, 5.41) is 11.0. The smallest absolute Gasteiger partial charge is 0.207 e. The molecule has 1 unspecified atom stereocenters. The van der Waals surface area contributed by atoms with Gasteiger partial charge in [-0.3, -0.25) is 4.79 Å². The van der Waals surface area contributed by atoms with Crippen LogP contribution in [0.3, 0.4) is 0 Å². The molecule has 0 bridgehead atoms. The van der Waals surface area contributed by atoms with Crippen LogP contribution in [-0.2, 0) is 4.79 Å². The fourth-order valence-electron chi connectivity index (χ4n) is 0.480. The Morgan fingerprint density at radius 3 is 2.50 bits per heavy atom. The lowest BCUT2D eigenvalue weighted by Gasteiger charge is -2.04. The third-order valence-electron chi connectivity index (χ3n) is 1.18. The zero-order valence-corrected chi connectivity index (χ0v) is 8.30. The van der Waals surface area contributed by atoms with E-state index < -0.39 is 0 Å². The van der Waals surface area contributed by atoms with Crippen LogP contribution in [-0.4, -0.2) is 35.5 Å². The SMILES string of the molecule is CC(CO)CCNC=O.CSO. The molecule has 0 radical (unpaired) electrons. The molecule has 1 amide bonds. The minimum Gasteiger partial charge on any atom is -0.396 e. The van der Waals surface area contributed by atoms with Gasteiger partial charge in [-0.15, -0.1) is 0 Å². The Bertz CT molecular complexity index is 92.7. The van der Waals surface area contributed by atoms with Crippen molar-refractivity contribution in [3.05, 3.63) is 0 Å². The first-order valence-electron chi connectivity index (χ1n) is 3.68. The predicted octanol–water partition coefficient (Wildman–Crippen LogP) is 0.573. The minimum absolute atomic E-state index is 0.195. The van der Waals surface area contributed by atoms with E-state index in [9.17, 15) is 4.79 Å². The maximum absolute atomic E-state index is 9.70. The topological polar surface area (TPSA) is 69.6 Å². The Hall–Kier alpha value is -0.260. The zero-order chi connectivity index (χ0) is 9.82. The van der Waals surface area contributed by atoms with E-state index in [1.54, 1.807) is 6.26 Å². The molecule has 0 saturated carbocycles. The quantitative estimate of drug-likeness (QED) is 0.341. The first-order chi connectivity index (χ1) is 5.72. The van der Waals surface area contributed by atoms with Crippen molar-refractivity contribution >= 4 is 18.5 Å². The Balaban J connectivity index is 0. The standard InChI is InChI=1S/C6H13NO2.CH4OS/c1-6(4-8)2-3-7-5-9;1-3-2/h5-6,8H,2-4H2,1H3,(H,7,9);2H,1H3. The first-order valence-corrected chi connectivity index (χ1v) is 4.86. The van der Waals surface area contributed by atoms with E-state index in [4.69, 9.17) is 9.66 Å². The van der Waals surface area contributed by atoms with Crippen LogP contribution in [0.1, 0.15) is 13.3 Å². The van der Waals surface area contributed by atoms with Crippen molar-refractivity contribution in [2.24, 2.45) is 5.92 Å². The largest absolute Gasteiger partial charge is 0.396 e. The van der Waals surface area contributed by atoms with Crippen LogP contribution >= 0.6 is 12.0 Å². The molecule has 0 aliphatic carbocycles. The van der Waals surface area contributed by atoms with E-state index >= 15 is 0 Å². The normalized spacial score (nSPS) is 11.0. The van der Waals surface area contributed by atoms with Crippen LogP contribution in [0.2, 0.25) is 0 Å². The highest BCUT2D eigenvalue weighted by molar-refractivity contribution is 7.93. The van der Waals surface area contributed by atoms with Gasteiger partial charge in [-0.05, 0) is 24.4 Å². The second kappa shape index (κ2) is 13.3. The van der Waals surface area contributed by atoms with Gasteiger partial charge in [-0.2, -0.15) is 0 Å². The summed E-state index contributed by atoms with van der Waals surface area (Å²) in [6.07, 6.45) is 3.11. The summed E-state index contributed by atoms with van der Waals surface area (Å²) in [7, 11) is 0. The van der Waals surface area contributed by atoms with Crippen LogP contribution in [0, 0.1) is 5.92 Å². The molecular formula is C7H17NO3S. The average molecular weight is 195 g/mol. The van der Waals surface area contributed by atoms with Crippen molar-refractivity contribution in [1.82, 2.24) is 5.32 Å². The molecule has 0 aromatic carbocycles. The molecule has 0 aliphatic heterocycles. The van der Waals surface area contributed by atoms with Crippen molar-refractivity contribution in [3.8, 4) is 0 Å². The average Bonchev–Trinajstić information content (AvgIpc) is 2.06. The summed E-state index contributed by atoms with van der Waals surface area (Å²) < 4.78 is 7.49. The Labute approximate surface area is 77.6 Å². The number of hydrogen-bond acceptors (Lipinski definition) is 4. The van der Waals surface area contributed by atoms with Gasteiger partial charge in [0.1, 0.15) is 0 Å². The van der Waals surface area contributed by atoms with Gasteiger partial charge in [-0.25, -0.2) is 0 Å². The molecule has 0 aliphatic rings. The highest BCUT2D eigenvalue weighted by Crippen LogP contribution is 1.96. The van der Waals surface area contributed by atoms with Crippen LogP contribution in [0.25, 0.3) is 0 Å². The van der Waals surface area contributed by atoms with Crippen molar-refractivity contribution in [3.63, 3.8) is 0 Å². The number of amides is 1. The van der Waals surface area contributed by atoms with E-state index in [0.29, 0.717) is 13.0 Å². The number of nitrogens with one attached hydrogen (secondary N) is 1. The molecule has 0 heterocycles. The molecule has 0 aromatic rings. The van der Waals surface area contributed by atoms with Gasteiger partial charge in [-0.1, -0.05) is 6.92 Å². The highest BCUT2D eigenvalue weighted by atomic mass is 32.2. The monoisotopic (exact) mass is 195 g/mol. The number of carbonyl (C=O) groups excluding carboxylic acids is 1. The number of hydrogen-bond donors (Lipinski definition) is 3. The molecule has 74 valence electrons. The second-order valence-electron chi connectivity index (χ2n) is 2.33. The molecule has 0 spiro atoms. The number of aliphatic hydroxyl groups excluding tert-OH is 1. The second-order valence-corrected chi connectivity index (χ2v) is 2.70. The molecular weight excluding hydrogens is 178 g/mol. The van der Waals surface area contributed by atoms with Crippen LogP contribution in [0.4, 0.5) is 0 Å². The van der Waals surface area contributed by atoms with Crippen LogP contribution in [0.5, 0.6) is 0 Å². The van der Waals surface area contributed by atoms with Gasteiger partial charge >= 0.3 is 0 Å². The van der Waals surface area contributed by atoms with Gasteiger partial charge in [0.15, 0.2) is 0 Å². The van der Waals surface area contributed by atoms with E-state index in [1.807, 2.05) is 6.92 Å². The summed E-state index contributed by atoms with van der Waals surface area (Å²) in [5.74, 6) is 0.289. The number of carbonyl (C=O) groups is 1. The molecule has 4 nitrogen and oxygen atoms in total. The Kier molecular flexibility index (Phi) is 15.9. The molecule has 3 N–H and O–H groups in total. The van der Waals surface area contributed by atoms with Gasteiger partial charge < -0.3 is 15.0 Å². The van der Waals surface area contributed by atoms with Gasteiger partial charge in [0, 0.05) is 19.4 Å². The Morgan fingerprint density at radius 2 is 2.17 bits per heavy atom. The lowest BCUT2D eigenvalue weighted by atomic mass is 10.1. The maximum Gasteiger partial charge on any atom is 0.207 e. The lowest BCUT2D eigenvalue weighted by molar-refractivity contribution is -0.109. The van der Waals surface area contributed by atoms with Crippen LogP contribution < -0.4 is 5.32 Å². The van der Waals surface area contributed by atoms with Crippen molar-refractivity contribution in [2.45, 2.75) is 13.3 Å². The Morgan fingerprint density at radius 1 is 1.67 bits per heavy atom. The molecule has 12 heavy (non-hydrogen) atoms. The lowest BCUT2D eigenvalue weighted by Crippen LogP contribution is -2.16. The van der Waals surface area contributed by atoms with Gasteiger partial charge in [0.2, 0.25) is 6.41 Å². The van der Waals surface area contributed by atoms with Crippen molar-refractivity contribution in [2.75, 3.05) is 19.4 Å². The van der Waals surface area contributed by atoms with E-state index in [0.717, 1.165) is 18.5 Å². The van der Waals surface area contributed by atoms with Crippen molar-refractivity contribution in [1.29, 1.82) is 0 Å². The number of rotatable bonds is 5. The molecule has 0 saturated heterocycles. The third kappa shape index (κ3) is 16.4. The molecule has 5 heteroatoms. The zero-order valence-electron chi connectivity index (χ0n) is 7.49. The van der Waals surface area contributed by atoms with Crippen LogP contribution in [0.15, 0.2) is 0 Å². The molecule has 0 rings (SSSR count). The summed E-state index contributed by atoms with van der Waals surface area (Å²) in [5.41, 5.74) is 0. The van der Waals surface area contributed by atoms with Crippen molar-refractivity contribution < 1.29 is 14.5 Å². The number of aliphatic hydroxyl groups is 1. The maximum atomic E-state index is 9.70. The minimum atomic E-state index is 0.195. The fourth-order valence-corrected chi connectivity index (χ4v) is 0.480. The summed E-state index contributed by atoms with van der Waals surface area (Å²) in [6.45, 7) is 2.79. The van der Waals surface area contributed by atoms with Gasteiger partial charge in [0.25, 0.3) is 0 Å². The fraction of sp³-hybridized carbons (Fsp3) is 0.857. The molecule has 0 aromatic heterocycles. The highest BCUT2D eigenvalue weighted by Gasteiger charge is 1.96. The summed E-state index contributed by atoms with van der Waals surface area (Å²) in [6, 6.07) is 0. The first kappa shape index (κ1) is 14.3. The van der Waals surface area contributed by atoms with Gasteiger partial charge in [0.05, 0.1) is 0 Å². The molecule has 1 atom stereocenters. The summed E-state index contributed by atoms with van der Waals surface area (Å²) >= 11 is 0.750. The van der Waals surface area contributed by atoms with E-state index in [1.165, 1.54) is 0 Å².